The Kier molecular flexibility index (Phi) is 6.61. The lowest BCUT2D eigenvalue weighted by Crippen LogP contribution is -2.46. The van der Waals surface area contributed by atoms with Gasteiger partial charge in [-0.25, -0.2) is 0 Å². The molecular formula is C17H21ClN2O4. The molecule has 0 atom stereocenters. The number of hydrogen-bond donors (Lipinski definition) is 2. The first-order valence-corrected chi connectivity index (χ1v) is 8.28. The van der Waals surface area contributed by atoms with Crippen LogP contribution in [0.5, 0.6) is 0 Å². The molecule has 1 saturated carbocycles. The van der Waals surface area contributed by atoms with Crippen molar-refractivity contribution in [1.29, 1.82) is 0 Å². The highest BCUT2D eigenvalue weighted by Crippen LogP contribution is 2.29. The van der Waals surface area contributed by atoms with Crippen LogP contribution in [0.4, 0.5) is 0 Å². The van der Waals surface area contributed by atoms with Crippen molar-refractivity contribution in [1.82, 2.24) is 10.9 Å². The Morgan fingerprint density at radius 3 is 2.21 bits per heavy atom. The topological polar surface area (TPSA) is 84.5 Å². The predicted octanol–water partition coefficient (Wildman–Crippen LogP) is 2.01. The van der Waals surface area contributed by atoms with E-state index < -0.39 is 0 Å². The molecule has 0 saturated heterocycles. The minimum absolute atomic E-state index is 0.126. The highest BCUT2D eigenvalue weighted by molar-refractivity contribution is 6.30. The van der Waals surface area contributed by atoms with E-state index in [0.29, 0.717) is 30.7 Å². The lowest BCUT2D eigenvalue weighted by atomic mass is 9.82. The van der Waals surface area contributed by atoms with Gasteiger partial charge < -0.3 is 4.74 Å². The third kappa shape index (κ3) is 5.23. The van der Waals surface area contributed by atoms with E-state index in [1.165, 1.54) is 7.11 Å². The summed E-state index contributed by atoms with van der Waals surface area (Å²) in [5.41, 5.74) is 5.70. The molecule has 1 aromatic carbocycles. The van der Waals surface area contributed by atoms with Gasteiger partial charge >= 0.3 is 5.97 Å². The van der Waals surface area contributed by atoms with Crippen LogP contribution in [0.15, 0.2) is 24.3 Å². The average Bonchev–Trinajstić information content (AvgIpc) is 2.61. The van der Waals surface area contributed by atoms with E-state index in [1.807, 2.05) is 0 Å². The van der Waals surface area contributed by atoms with Gasteiger partial charge in [-0.15, -0.1) is 0 Å². The number of rotatable bonds is 4. The van der Waals surface area contributed by atoms with Crippen molar-refractivity contribution in [3.63, 3.8) is 0 Å². The Morgan fingerprint density at radius 2 is 1.62 bits per heavy atom. The van der Waals surface area contributed by atoms with Gasteiger partial charge in [-0.05, 0) is 43.4 Å². The Labute approximate surface area is 145 Å². The number of carbonyl (C=O) groups excluding carboxylic acids is 3. The highest BCUT2D eigenvalue weighted by atomic mass is 35.5. The fraction of sp³-hybridized carbons (Fsp3) is 0.471. The van der Waals surface area contributed by atoms with Crippen LogP contribution in [0.1, 0.15) is 31.2 Å². The maximum Gasteiger partial charge on any atom is 0.308 e. The van der Waals surface area contributed by atoms with E-state index in [4.69, 9.17) is 16.3 Å². The lowest BCUT2D eigenvalue weighted by molar-refractivity contribution is -0.147. The predicted molar refractivity (Wildman–Crippen MR) is 88.9 cm³/mol. The van der Waals surface area contributed by atoms with Gasteiger partial charge in [0.15, 0.2) is 0 Å². The van der Waals surface area contributed by atoms with Crippen LogP contribution in [0, 0.1) is 11.8 Å². The van der Waals surface area contributed by atoms with Crippen LogP contribution in [0.25, 0.3) is 0 Å². The summed E-state index contributed by atoms with van der Waals surface area (Å²) >= 11 is 5.79. The lowest BCUT2D eigenvalue weighted by Gasteiger charge is -2.26. The van der Waals surface area contributed by atoms with Gasteiger partial charge in [0.05, 0.1) is 19.4 Å². The number of hydrogen-bond acceptors (Lipinski definition) is 4. The van der Waals surface area contributed by atoms with Gasteiger partial charge in [0.25, 0.3) is 0 Å². The number of esters is 1. The first-order chi connectivity index (χ1) is 11.5. The summed E-state index contributed by atoms with van der Waals surface area (Å²) in [6.07, 6.45) is 2.64. The summed E-state index contributed by atoms with van der Waals surface area (Å²) in [6.45, 7) is 0. The first kappa shape index (κ1) is 18.3. The van der Waals surface area contributed by atoms with Crippen molar-refractivity contribution in [3.8, 4) is 0 Å². The molecule has 2 rings (SSSR count). The SMILES string of the molecule is COC(=O)[C@H]1CC[C@H](C(=O)NNC(=O)Cc2ccc(Cl)cc2)CC1. The van der Waals surface area contributed by atoms with Gasteiger partial charge in [-0.1, -0.05) is 23.7 Å². The standard InChI is InChI=1S/C17H21ClN2O4/c1-24-17(23)13-6-4-12(5-7-13)16(22)20-19-15(21)10-11-2-8-14(18)9-3-11/h2-3,8-9,12-13H,4-7,10H2,1H3,(H,19,21)(H,20,22)/t12-,13-. The Bertz CT molecular complexity index is 595. The summed E-state index contributed by atoms with van der Waals surface area (Å²) in [5, 5.41) is 0.606. The number of halogens is 1. The molecule has 1 aliphatic rings. The van der Waals surface area contributed by atoms with Crippen LogP contribution in [0.2, 0.25) is 5.02 Å². The van der Waals surface area contributed by atoms with Crippen LogP contribution in [-0.4, -0.2) is 24.9 Å². The van der Waals surface area contributed by atoms with Gasteiger partial charge in [-0.2, -0.15) is 0 Å². The zero-order valence-corrected chi connectivity index (χ0v) is 14.3. The molecule has 0 aliphatic heterocycles. The zero-order valence-electron chi connectivity index (χ0n) is 13.5. The van der Waals surface area contributed by atoms with Crippen LogP contribution < -0.4 is 10.9 Å². The zero-order chi connectivity index (χ0) is 17.5. The van der Waals surface area contributed by atoms with Crippen molar-refractivity contribution in [3.05, 3.63) is 34.9 Å². The number of ether oxygens (including phenoxy) is 1. The van der Waals surface area contributed by atoms with E-state index in [2.05, 4.69) is 10.9 Å². The average molecular weight is 353 g/mol. The molecule has 0 heterocycles. The van der Waals surface area contributed by atoms with Crippen molar-refractivity contribution in [2.75, 3.05) is 7.11 Å². The summed E-state index contributed by atoms with van der Waals surface area (Å²) in [4.78, 5) is 35.4. The molecule has 7 heteroatoms. The summed E-state index contributed by atoms with van der Waals surface area (Å²) in [5.74, 6) is -1.05. The molecule has 0 spiro atoms. The Hall–Kier alpha value is -2.08. The normalized spacial score (nSPS) is 20.1. The molecule has 0 aromatic heterocycles. The Balaban J connectivity index is 1.72. The molecule has 2 N–H and O–H groups in total. The number of hydrazine groups is 1. The fourth-order valence-electron chi connectivity index (χ4n) is 2.82. The molecule has 0 unspecified atom stereocenters. The molecule has 6 nitrogen and oxygen atoms in total. The molecule has 0 bridgehead atoms. The fourth-order valence-corrected chi connectivity index (χ4v) is 2.95. The summed E-state index contributed by atoms with van der Waals surface area (Å²) in [6, 6.07) is 6.95. The quantitative estimate of drug-likeness (QED) is 0.641. The minimum Gasteiger partial charge on any atom is -0.469 e. The number of amides is 2. The number of nitrogens with one attached hydrogen (secondary N) is 2. The number of carbonyl (C=O) groups is 3. The molecule has 1 fully saturated rings. The van der Waals surface area contributed by atoms with Crippen molar-refractivity contribution in [2.24, 2.45) is 11.8 Å². The van der Waals surface area contributed by atoms with Crippen LogP contribution in [0.3, 0.4) is 0 Å². The maximum absolute atomic E-state index is 12.1. The van der Waals surface area contributed by atoms with Crippen LogP contribution >= 0.6 is 11.6 Å². The third-order valence-corrected chi connectivity index (χ3v) is 4.49. The Morgan fingerprint density at radius 1 is 1.04 bits per heavy atom. The largest absolute Gasteiger partial charge is 0.469 e. The molecule has 0 radical (unpaired) electrons. The van der Waals surface area contributed by atoms with Crippen molar-refractivity contribution >= 4 is 29.4 Å². The molecular weight excluding hydrogens is 332 g/mol. The number of benzene rings is 1. The molecule has 1 aliphatic carbocycles. The molecule has 130 valence electrons. The minimum atomic E-state index is -0.297. The number of methoxy groups -OCH3 is 1. The third-order valence-electron chi connectivity index (χ3n) is 4.24. The smallest absolute Gasteiger partial charge is 0.308 e. The molecule has 1 aromatic rings. The van der Waals surface area contributed by atoms with Gasteiger partial charge in [-0.3, -0.25) is 25.2 Å². The van der Waals surface area contributed by atoms with Gasteiger partial charge in [0.2, 0.25) is 11.8 Å². The van der Waals surface area contributed by atoms with Gasteiger partial charge in [0, 0.05) is 10.9 Å². The summed E-state index contributed by atoms with van der Waals surface area (Å²) < 4.78 is 4.72. The second-order valence-corrected chi connectivity index (χ2v) is 6.35. The second-order valence-electron chi connectivity index (χ2n) is 5.91. The van der Waals surface area contributed by atoms with Gasteiger partial charge in [0.1, 0.15) is 0 Å². The van der Waals surface area contributed by atoms with Crippen molar-refractivity contribution in [2.45, 2.75) is 32.1 Å². The molecule has 24 heavy (non-hydrogen) atoms. The second kappa shape index (κ2) is 8.68. The first-order valence-electron chi connectivity index (χ1n) is 7.90. The van der Waals surface area contributed by atoms with E-state index >= 15 is 0 Å². The van der Waals surface area contributed by atoms with Crippen molar-refractivity contribution < 1.29 is 19.1 Å². The van der Waals surface area contributed by atoms with Crippen LogP contribution in [-0.2, 0) is 25.5 Å². The monoisotopic (exact) mass is 352 g/mol. The van der Waals surface area contributed by atoms with E-state index in [1.54, 1.807) is 24.3 Å². The summed E-state index contributed by atoms with van der Waals surface area (Å²) in [7, 11) is 1.37. The van der Waals surface area contributed by atoms with E-state index in [-0.39, 0.29) is 36.0 Å². The highest BCUT2D eigenvalue weighted by Gasteiger charge is 2.30. The van der Waals surface area contributed by atoms with E-state index in [0.717, 1.165) is 5.56 Å². The maximum atomic E-state index is 12.1. The molecule has 2 amide bonds. The van der Waals surface area contributed by atoms with E-state index in [9.17, 15) is 14.4 Å².